The van der Waals surface area contributed by atoms with E-state index in [9.17, 15) is 24.8 Å². The van der Waals surface area contributed by atoms with E-state index in [0.717, 1.165) is 11.8 Å². The normalized spacial score (nSPS) is 14.2. The Morgan fingerprint density at radius 3 is 2.53 bits per heavy atom. The third-order valence-electron chi connectivity index (χ3n) is 4.99. The van der Waals surface area contributed by atoms with Crippen LogP contribution in [0.15, 0.2) is 77.7 Å². The molecule has 0 atom stereocenters. The monoisotopic (exact) mass is 522 g/mol. The number of hydrogen-bond donors (Lipinski definition) is 1. The number of nitrogens with zero attached hydrogens (tertiary/aromatic N) is 2. The molecule has 182 valence electrons. The number of carboxylic acids is 1. The van der Waals surface area contributed by atoms with Gasteiger partial charge >= 0.3 is 5.97 Å². The molecular formula is C25H18N2O7S2. The molecule has 1 N–H and O–H groups in total. The lowest BCUT2D eigenvalue weighted by Crippen LogP contribution is -2.27. The third-order valence-corrected chi connectivity index (χ3v) is 6.29. The fraction of sp³-hybridized carbons (Fsp3) is 0.0800. The van der Waals surface area contributed by atoms with Crippen molar-refractivity contribution in [1.82, 2.24) is 0 Å². The quantitative estimate of drug-likeness (QED) is 0.134. The van der Waals surface area contributed by atoms with Crippen molar-refractivity contribution in [3.8, 4) is 11.5 Å². The van der Waals surface area contributed by atoms with E-state index in [1.54, 1.807) is 6.07 Å². The molecule has 36 heavy (non-hydrogen) atoms. The van der Waals surface area contributed by atoms with Crippen LogP contribution in [0.4, 0.5) is 11.4 Å². The van der Waals surface area contributed by atoms with Crippen molar-refractivity contribution in [2.24, 2.45) is 0 Å². The summed E-state index contributed by atoms with van der Waals surface area (Å²) in [4.78, 5) is 36.7. The van der Waals surface area contributed by atoms with E-state index in [1.165, 1.54) is 47.4 Å². The summed E-state index contributed by atoms with van der Waals surface area (Å²) in [6.45, 7) is 0.402. The highest BCUT2D eigenvalue weighted by molar-refractivity contribution is 8.27. The lowest BCUT2D eigenvalue weighted by molar-refractivity contribution is -0.384. The summed E-state index contributed by atoms with van der Waals surface area (Å²) in [5.74, 6) is -0.596. The number of anilines is 1. The molecule has 1 fully saturated rings. The molecule has 3 aromatic rings. The number of thioether (sulfide) groups is 1. The zero-order valence-corrected chi connectivity index (χ0v) is 20.2. The van der Waals surface area contributed by atoms with Crippen molar-refractivity contribution < 1.29 is 29.1 Å². The fourth-order valence-electron chi connectivity index (χ4n) is 3.33. The van der Waals surface area contributed by atoms with Crippen LogP contribution in [0.3, 0.4) is 0 Å². The summed E-state index contributed by atoms with van der Waals surface area (Å²) in [6.07, 6.45) is 1.47. The maximum Gasteiger partial charge on any atom is 0.335 e. The first-order chi connectivity index (χ1) is 17.3. The Kier molecular flexibility index (Phi) is 7.62. The van der Waals surface area contributed by atoms with Crippen LogP contribution in [0.5, 0.6) is 11.5 Å². The van der Waals surface area contributed by atoms with Crippen molar-refractivity contribution in [1.29, 1.82) is 0 Å². The van der Waals surface area contributed by atoms with E-state index in [4.69, 9.17) is 21.7 Å². The van der Waals surface area contributed by atoms with Gasteiger partial charge in [-0.15, -0.1) is 0 Å². The Balaban J connectivity index is 1.57. The number of amides is 1. The van der Waals surface area contributed by atoms with Crippen LogP contribution >= 0.6 is 24.0 Å². The largest absolute Gasteiger partial charge is 0.490 e. The summed E-state index contributed by atoms with van der Waals surface area (Å²) < 4.78 is 11.6. The average molecular weight is 523 g/mol. The van der Waals surface area contributed by atoms with Crippen molar-refractivity contribution in [3.63, 3.8) is 0 Å². The SMILES string of the molecule is O=C(O)c1cccc(N2C(=O)/C(=C/c3cc([N+](=O)[O-])ccc3OCCOc3ccccc3)SC2=S)c1. The van der Waals surface area contributed by atoms with E-state index in [1.807, 2.05) is 30.3 Å². The van der Waals surface area contributed by atoms with Crippen LogP contribution in [0.25, 0.3) is 6.08 Å². The maximum atomic E-state index is 13.2. The molecule has 1 heterocycles. The zero-order chi connectivity index (χ0) is 25.7. The molecule has 1 amide bonds. The van der Waals surface area contributed by atoms with Gasteiger partial charge in [0, 0.05) is 17.7 Å². The van der Waals surface area contributed by atoms with Crippen molar-refractivity contribution in [3.05, 3.63) is 98.9 Å². The van der Waals surface area contributed by atoms with Gasteiger partial charge in [-0.3, -0.25) is 19.8 Å². The molecule has 1 aliphatic rings. The summed E-state index contributed by atoms with van der Waals surface area (Å²) in [5, 5.41) is 20.6. The predicted octanol–water partition coefficient (Wildman–Crippen LogP) is 5.16. The van der Waals surface area contributed by atoms with Gasteiger partial charge in [-0.25, -0.2) is 4.79 Å². The molecule has 11 heteroatoms. The number of hydrogen-bond acceptors (Lipinski definition) is 8. The number of thiocarbonyl (C=S) groups is 1. The van der Waals surface area contributed by atoms with E-state index >= 15 is 0 Å². The first-order valence-corrected chi connectivity index (χ1v) is 11.8. The molecule has 0 saturated carbocycles. The molecule has 1 saturated heterocycles. The molecule has 0 bridgehead atoms. The first-order valence-electron chi connectivity index (χ1n) is 10.5. The smallest absolute Gasteiger partial charge is 0.335 e. The van der Waals surface area contributed by atoms with E-state index in [2.05, 4.69) is 0 Å². The lowest BCUT2D eigenvalue weighted by atomic mass is 10.1. The highest BCUT2D eigenvalue weighted by Gasteiger charge is 2.34. The summed E-state index contributed by atoms with van der Waals surface area (Å²) in [6, 6.07) is 19.1. The Morgan fingerprint density at radius 2 is 1.81 bits per heavy atom. The Morgan fingerprint density at radius 1 is 1.06 bits per heavy atom. The number of non-ortho nitro benzene ring substituents is 1. The first kappa shape index (κ1) is 24.9. The minimum Gasteiger partial charge on any atom is -0.490 e. The van der Waals surface area contributed by atoms with Gasteiger partial charge in [0.15, 0.2) is 4.32 Å². The van der Waals surface area contributed by atoms with Gasteiger partial charge in [0.25, 0.3) is 11.6 Å². The van der Waals surface area contributed by atoms with Crippen LogP contribution in [0.1, 0.15) is 15.9 Å². The Bertz CT molecular complexity index is 1380. The molecule has 9 nitrogen and oxygen atoms in total. The van der Waals surface area contributed by atoms with E-state index < -0.39 is 16.8 Å². The Labute approximate surface area is 215 Å². The minimum atomic E-state index is -1.13. The number of carbonyl (C=O) groups is 2. The predicted molar refractivity (Wildman–Crippen MR) is 140 cm³/mol. The molecule has 4 rings (SSSR count). The maximum absolute atomic E-state index is 13.2. The minimum absolute atomic E-state index is 0.0117. The van der Waals surface area contributed by atoms with E-state index in [-0.39, 0.29) is 33.7 Å². The summed E-state index contributed by atoms with van der Waals surface area (Å²) in [5.41, 5.74) is 0.481. The molecule has 1 aliphatic heterocycles. The highest BCUT2D eigenvalue weighted by Crippen LogP contribution is 2.38. The van der Waals surface area contributed by atoms with Crippen molar-refractivity contribution in [2.45, 2.75) is 0 Å². The number of ether oxygens (including phenoxy) is 2. The van der Waals surface area contributed by atoms with Gasteiger partial charge in [0.05, 0.1) is 21.1 Å². The number of carbonyl (C=O) groups excluding carboxylic acids is 1. The second kappa shape index (κ2) is 11.0. The van der Waals surface area contributed by atoms with E-state index in [0.29, 0.717) is 22.7 Å². The van der Waals surface area contributed by atoms with Crippen LogP contribution in [0, 0.1) is 10.1 Å². The molecule has 3 aromatic carbocycles. The van der Waals surface area contributed by atoms with Crippen molar-refractivity contribution in [2.75, 3.05) is 18.1 Å². The fourth-order valence-corrected chi connectivity index (χ4v) is 4.62. The standard InChI is InChI=1S/C25H18N2O7S2/c28-23-22(36-25(35)26(23)18-6-4-5-16(13-18)24(29)30)15-17-14-19(27(31)32)9-10-21(17)34-12-11-33-20-7-2-1-3-8-20/h1-10,13-15H,11-12H2,(H,29,30)/b22-15-. The van der Waals surface area contributed by atoms with Crippen molar-refractivity contribution >= 4 is 57.6 Å². The number of carboxylic acid groups (broad SMARTS) is 1. The van der Waals surface area contributed by atoms with Gasteiger partial charge in [-0.05, 0) is 42.5 Å². The summed E-state index contributed by atoms with van der Waals surface area (Å²) >= 11 is 6.36. The third kappa shape index (κ3) is 5.70. The van der Waals surface area contributed by atoms with Gasteiger partial charge in [-0.2, -0.15) is 0 Å². The van der Waals surface area contributed by atoms with Gasteiger partial charge in [0.2, 0.25) is 0 Å². The Hall–Kier alpha value is -4.22. The van der Waals surface area contributed by atoms with Crippen LogP contribution < -0.4 is 14.4 Å². The lowest BCUT2D eigenvalue weighted by Gasteiger charge is -2.15. The van der Waals surface area contributed by atoms with Gasteiger partial charge in [0.1, 0.15) is 24.7 Å². The number of rotatable bonds is 9. The van der Waals surface area contributed by atoms with Gasteiger partial charge in [-0.1, -0.05) is 48.2 Å². The topological polar surface area (TPSA) is 119 Å². The number of nitro groups is 1. The zero-order valence-electron chi connectivity index (χ0n) is 18.5. The molecule has 0 radical (unpaired) electrons. The molecule has 0 aromatic heterocycles. The average Bonchev–Trinajstić information content (AvgIpc) is 3.15. The van der Waals surface area contributed by atoms with Crippen LogP contribution in [-0.2, 0) is 4.79 Å². The molecule has 0 aliphatic carbocycles. The second-order valence-electron chi connectivity index (χ2n) is 7.36. The highest BCUT2D eigenvalue weighted by atomic mass is 32.2. The molecule has 0 spiro atoms. The number of benzene rings is 3. The molecular weight excluding hydrogens is 504 g/mol. The van der Waals surface area contributed by atoms with Crippen LogP contribution in [0.2, 0.25) is 0 Å². The second-order valence-corrected chi connectivity index (χ2v) is 9.04. The molecule has 0 unspecified atom stereocenters. The number of aromatic carboxylic acids is 1. The van der Waals surface area contributed by atoms with Gasteiger partial charge < -0.3 is 14.6 Å². The number of para-hydroxylation sites is 1. The summed E-state index contributed by atoms with van der Waals surface area (Å²) in [7, 11) is 0. The number of nitro benzene ring substituents is 1. The van der Waals surface area contributed by atoms with Crippen LogP contribution in [-0.4, -0.2) is 39.4 Å².